The number of aliphatic hydroxyl groups excluding tert-OH is 1. The number of hydrogen-bond donors (Lipinski definition) is 1. The molecule has 1 aliphatic carbocycles. The van der Waals surface area contributed by atoms with Gasteiger partial charge in [0.25, 0.3) is 0 Å². The maximum absolute atomic E-state index is 12.4. The monoisotopic (exact) mass is 349 g/mol. The number of halogens is 1. The summed E-state index contributed by atoms with van der Waals surface area (Å²) in [4.78, 5) is 12.4. The molecule has 0 amide bonds. The van der Waals surface area contributed by atoms with Crippen molar-refractivity contribution in [3.8, 4) is 0 Å². The quantitative estimate of drug-likeness (QED) is 0.631. The molecular weight excluding hydrogens is 326 g/mol. The van der Waals surface area contributed by atoms with Gasteiger partial charge < -0.3 is 22.3 Å². The van der Waals surface area contributed by atoms with Gasteiger partial charge in [0, 0.05) is 12.2 Å². The van der Waals surface area contributed by atoms with E-state index in [0.29, 0.717) is 21.8 Å². The van der Waals surface area contributed by atoms with E-state index in [1.807, 2.05) is 50.6 Å². The Labute approximate surface area is 149 Å². The number of aliphatic hydroxyl groups is 1. The first-order chi connectivity index (χ1) is 11.0. The zero-order chi connectivity index (χ0) is 16.4. The highest BCUT2D eigenvalue weighted by molar-refractivity contribution is 5.77. The minimum absolute atomic E-state index is 0. The topological polar surface area (TPSA) is 46.5 Å². The van der Waals surface area contributed by atoms with Crippen LogP contribution in [0.2, 0.25) is 0 Å². The number of rotatable bonds is 4. The summed E-state index contributed by atoms with van der Waals surface area (Å²) in [6.07, 6.45) is 8.95. The van der Waals surface area contributed by atoms with Gasteiger partial charge >= 0.3 is 11.9 Å². The minimum atomic E-state index is -1.24. The van der Waals surface area contributed by atoms with Gasteiger partial charge in [-0.15, -0.1) is 0 Å². The van der Waals surface area contributed by atoms with Gasteiger partial charge in [-0.3, -0.25) is 0 Å². The van der Waals surface area contributed by atoms with Crippen molar-refractivity contribution in [3.05, 3.63) is 59.6 Å². The van der Waals surface area contributed by atoms with E-state index < -0.39 is 12.1 Å². The fourth-order valence-electron chi connectivity index (χ4n) is 3.41. The van der Waals surface area contributed by atoms with Gasteiger partial charge in [-0.2, -0.15) is 0 Å². The molecule has 0 radical (unpaired) electrons. The highest BCUT2D eigenvalue weighted by Crippen LogP contribution is 2.37. The van der Waals surface area contributed by atoms with E-state index >= 15 is 0 Å². The summed E-state index contributed by atoms with van der Waals surface area (Å²) >= 11 is 0. The van der Waals surface area contributed by atoms with Crippen LogP contribution in [0.15, 0.2) is 48.5 Å². The zero-order valence-corrected chi connectivity index (χ0v) is 14.9. The van der Waals surface area contributed by atoms with Crippen LogP contribution in [-0.4, -0.2) is 29.7 Å². The number of allylic oxidation sites excluding steroid dienone is 2. The third kappa shape index (κ3) is 3.72. The van der Waals surface area contributed by atoms with Gasteiger partial charge in [0.05, 0.1) is 14.1 Å². The lowest BCUT2D eigenvalue weighted by atomic mass is 9.90. The number of benzene rings is 1. The van der Waals surface area contributed by atoms with Crippen LogP contribution < -0.4 is 12.4 Å². The van der Waals surface area contributed by atoms with Gasteiger partial charge in [0.15, 0.2) is 6.10 Å². The Hall–Kier alpha value is -1.62. The summed E-state index contributed by atoms with van der Waals surface area (Å²) in [5.41, 5.74) is 1.77. The second kappa shape index (κ2) is 7.51. The second-order valence-electron chi connectivity index (χ2n) is 6.82. The predicted molar refractivity (Wildman–Crippen MR) is 88.0 cm³/mol. The molecule has 0 aromatic heterocycles. The molecule has 1 heterocycles. The smallest absolute Gasteiger partial charge is 0.348 e. The fraction of sp³-hybridized carbons (Fsp3) is 0.421. The molecular formula is C19H24ClNO3. The number of quaternary nitrogens is 1. The summed E-state index contributed by atoms with van der Waals surface area (Å²) in [6.45, 7) is 0. The van der Waals surface area contributed by atoms with Crippen molar-refractivity contribution in [3.63, 3.8) is 0 Å². The van der Waals surface area contributed by atoms with E-state index in [4.69, 9.17) is 4.74 Å². The second-order valence-corrected chi connectivity index (χ2v) is 6.82. The molecule has 3 rings (SSSR count). The number of esters is 1. The van der Waals surface area contributed by atoms with Gasteiger partial charge in [0.1, 0.15) is 6.20 Å². The van der Waals surface area contributed by atoms with Gasteiger partial charge in [-0.25, -0.2) is 9.28 Å². The molecule has 1 fully saturated rings. The van der Waals surface area contributed by atoms with Crippen molar-refractivity contribution in [2.24, 2.45) is 0 Å². The van der Waals surface area contributed by atoms with Crippen LogP contribution >= 0.6 is 0 Å². The summed E-state index contributed by atoms with van der Waals surface area (Å²) < 4.78 is 5.81. The lowest BCUT2D eigenvalue weighted by Crippen LogP contribution is -3.00. The Morgan fingerprint density at radius 2 is 1.92 bits per heavy atom. The molecule has 1 N–H and O–H groups in total. The van der Waals surface area contributed by atoms with E-state index in [2.05, 4.69) is 0 Å². The molecule has 24 heavy (non-hydrogen) atoms. The highest BCUT2D eigenvalue weighted by atomic mass is 35.5. The normalized spacial score (nSPS) is 20.4. The molecule has 1 unspecified atom stereocenters. The number of ether oxygens (including phenoxy) is 1. The molecule has 0 bridgehead atoms. The van der Waals surface area contributed by atoms with Crippen LogP contribution in [0.25, 0.3) is 0 Å². The molecule has 1 saturated carbocycles. The summed E-state index contributed by atoms with van der Waals surface area (Å²) in [5.74, 6) is 0.345. The van der Waals surface area contributed by atoms with Crippen molar-refractivity contribution in [2.45, 2.75) is 37.7 Å². The lowest BCUT2D eigenvalue weighted by molar-refractivity contribution is -0.811. The van der Waals surface area contributed by atoms with Gasteiger partial charge in [0.2, 0.25) is 0 Å². The number of nitrogens with zero attached hydrogens (tertiary/aromatic N) is 1. The first kappa shape index (κ1) is 18.7. The zero-order valence-electron chi connectivity index (χ0n) is 14.1. The van der Waals surface area contributed by atoms with E-state index in [-0.39, 0.29) is 12.4 Å². The molecule has 0 saturated heterocycles. The van der Waals surface area contributed by atoms with Crippen molar-refractivity contribution in [2.75, 3.05) is 14.1 Å². The van der Waals surface area contributed by atoms with E-state index in [1.165, 1.54) is 12.8 Å². The van der Waals surface area contributed by atoms with Crippen LogP contribution in [0.5, 0.6) is 0 Å². The molecule has 1 aliphatic heterocycles. The van der Waals surface area contributed by atoms with Gasteiger partial charge in [-0.1, -0.05) is 37.1 Å². The first-order valence-electron chi connectivity index (χ1n) is 8.21. The number of carbonyl (C=O) groups is 1. The number of carbonyl (C=O) groups excluding carboxylic acids is 1. The minimum Gasteiger partial charge on any atom is -1.00 e. The van der Waals surface area contributed by atoms with E-state index in [0.717, 1.165) is 18.4 Å². The first-order valence-corrected chi connectivity index (χ1v) is 8.21. The fourth-order valence-corrected chi connectivity index (χ4v) is 3.41. The SMILES string of the molecule is C[N+]1(C)C=CC=C1OC(=O)C(O)c1ccccc1C1CCCC1.[Cl-]. The summed E-state index contributed by atoms with van der Waals surface area (Å²) in [5, 5.41) is 10.5. The molecule has 1 aromatic carbocycles. The van der Waals surface area contributed by atoms with Crippen molar-refractivity contribution in [1.29, 1.82) is 0 Å². The Kier molecular flexibility index (Phi) is 5.86. The van der Waals surface area contributed by atoms with Crippen LogP contribution in [0.4, 0.5) is 0 Å². The van der Waals surface area contributed by atoms with Crippen LogP contribution in [0.3, 0.4) is 0 Å². The Morgan fingerprint density at radius 1 is 1.25 bits per heavy atom. The standard InChI is InChI=1S/C19H24NO3.ClH/c1-20(2)13-7-12-17(20)23-19(22)18(21)16-11-6-5-10-15(16)14-8-3-4-9-14;/h5-7,10-14,18,21H,3-4,8-9H2,1-2H3;1H/q+1;/p-1. The maximum atomic E-state index is 12.4. The number of hydrogen-bond acceptors (Lipinski definition) is 3. The molecule has 5 heteroatoms. The average Bonchev–Trinajstić information content (AvgIpc) is 3.17. The molecule has 2 aliphatic rings. The predicted octanol–water partition coefficient (Wildman–Crippen LogP) is 0.370. The van der Waals surface area contributed by atoms with E-state index in [1.54, 1.807) is 6.08 Å². The average molecular weight is 350 g/mol. The van der Waals surface area contributed by atoms with Crippen LogP contribution in [0, 0.1) is 0 Å². The highest BCUT2D eigenvalue weighted by Gasteiger charge is 2.32. The summed E-state index contributed by atoms with van der Waals surface area (Å²) in [6, 6.07) is 7.69. The molecule has 130 valence electrons. The Bertz CT molecular complexity index is 660. The molecule has 1 atom stereocenters. The van der Waals surface area contributed by atoms with Crippen molar-refractivity contribution < 1.29 is 31.5 Å². The largest absolute Gasteiger partial charge is 1.00 e. The van der Waals surface area contributed by atoms with Gasteiger partial charge in [-0.05, 0) is 29.9 Å². The van der Waals surface area contributed by atoms with Crippen molar-refractivity contribution in [1.82, 2.24) is 0 Å². The third-order valence-electron chi connectivity index (χ3n) is 4.78. The molecule has 0 spiro atoms. The summed E-state index contributed by atoms with van der Waals surface area (Å²) in [7, 11) is 3.84. The van der Waals surface area contributed by atoms with E-state index in [9.17, 15) is 9.90 Å². The Morgan fingerprint density at radius 3 is 2.54 bits per heavy atom. The lowest BCUT2D eigenvalue weighted by Gasteiger charge is -2.24. The van der Waals surface area contributed by atoms with Crippen molar-refractivity contribution >= 4 is 5.97 Å². The molecule has 1 aromatic rings. The Balaban J connectivity index is 0.00000208. The van der Waals surface area contributed by atoms with Crippen LogP contribution in [-0.2, 0) is 9.53 Å². The molecule has 4 nitrogen and oxygen atoms in total. The van der Waals surface area contributed by atoms with Crippen LogP contribution in [0.1, 0.15) is 48.8 Å². The maximum Gasteiger partial charge on any atom is 0.348 e. The third-order valence-corrected chi connectivity index (χ3v) is 4.78.